The van der Waals surface area contributed by atoms with E-state index >= 15 is 0 Å². The van der Waals surface area contributed by atoms with Gasteiger partial charge in [0, 0.05) is 6.20 Å². The van der Waals surface area contributed by atoms with E-state index in [9.17, 15) is 18.3 Å². The predicted molar refractivity (Wildman–Crippen MR) is 51.3 cm³/mol. The van der Waals surface area contributed by atoms with Crippen molar-refractivity contribution in [2.75, 3.05) is 6.61 Å². The largest absolute Gasteiger partial charge is 0.503 e. The third-order valence-electron chi connectivity index (χ3n) is 1.90. The lowest BCUT2D eigenvalue weighted by Crippen LogP contribution is -2.06. The first-order valence-corrected chi connectivity index (χ1v) is 4.84. The van der Waals surface area contributed by atoms with Crippen molar-refractivity contribution in [3.8, 4) is 11.6 Å². The number of aromatic hydroxyl groups is 1. The smallest absolute Gasteiger partial charge is 0.418 e. The molecule has 1 rings (SSSR count). The molecule has 90 valence electrons. The van der Waals surface area contributed by atoms with E-state index in [2.05, 4.69) is 4.98 Å². The lowest BCUT2D eigenvalue weighted by atomic mass is 10.2. The molecule has 0 amide bonds. The molecule has 1 N–H and O–H groups in total. The van der Waals surface area contributed by atoms with Crippen LogP contribution in [0.2, 0.25) is 0 Å². The molecule has 0 fully saturated rings. The lowest BCUT2D eigenvalue weighted by molar-refractivity contribution is -0.138. The summed E-state index contributed by atoms with van der Waals surface area (Å²) in [5, 5.41) is 9.27. The fraction of sp³-hybridized carbons (Fsp3) is 0.500. The highest BCUT2D eigenvalue weighted by Crippen LogP contribution is 2.33. The molecule has 0 aromatic carbocycles. The third-order valence-corrected chi connectivity index (χ3v) is 1.90. The number of unbranched alkanes of at least 4 members (excludes halogenated alkanes) is 1. The minimum absolute atomic E-state index is 0.165. The highest BCUT2D eigenvalue weighted by atomic mass is 19.4. The van der Waals surface area contributed by atoms with Crippen LogP contribution >= 0.6 is 0 Å². The molecule has 0 aliphatic heterocycles. The zero-order chi connectivity index (χ0) is 12.2. The number of aromatic nitrogens is 1. The Morgan fingerprint density at radius 2 is 2.12 bits per heavy atom. The standard InChI is InChI=1S/C10H12F3NO2/c1-2-3-4-16-9-8(15)5-7(6-14-9)10(11,12)13/h5-6,15H,2-4H2,1H3. The summed E-state index contributed by atoms with van der Waals surface area (Å²) in [5.41, 5.74) is -0.993. The van der Waals surface area contributed by atoms with Gasteiger partial charge >= 0.3 is 6.18 Å². The van der Waals surface area contributed by atoms with Crippen LogP contribution < -0.4 is 4.74 Å². The number of hydrogen-bond acceptors (Lipinski definition) is 3. The molecule has 1 aromatic rings. The van der Waals surface area contributed by atoms with E-state index in [1.807, 2.05) is 6.92 Å². The lowest BCUT2D eigenvalue weighted by Gasteiger charge is -2.09. The molecule has 0 saturated carbocycles. The summed E-state index contributed by atoms with van der Waals surface area (Å²) < 4.78 is 41.7. The Balaban J connectivity index is 2.76. The van der Waals surface area contributed by atoms with Crippen LogP contribution in [0.4, 0.5) is 13.2 Å². The van der Waals surface area contributed by atoms with Crippen molar-refractivity contribution in [3.05, 3.63) is 17.8 Å². The van der Waals surface area contributed by atoms with Crippen LogP contribution in [0.5, 0.6) is 11.6 Å². The average Bonchev–Trinajstić information content (AvgIpc) is 2.19. The second kappa shape index (κ2) is 5.05. The second-order valence-electron chi connectivity index (χ2n) is 3.25. The molecule has 0 aliphatic carbocycles. The molecular weight excluding hydrogens is 223 g/mol. The van der Waals surface area contributed by atoms with Crippen LogP contribution in [-0.4, -0.2) is 16.7 Å². The first-order chi connectivity index (χ1) is 7.45. The van der Waals surface area contributed by atoms with Crippen molar-refractivity contribution in [2.24, 2.45) is 0 Å². The SMILES string of the molecule is CCCCOc1ncc(C(F)(F)F)cc1O. The van der Waals surface area contributed by atoms with Gasteiger partial charge in [-0.25, -0.2) is 4.98 Å². The van der Waals surface area contributed by atoms with Crippen LogP contribution in [0.1, 0.15) is 25.3 Å². The monoisotopic (exact) mass is 235 g/mol. The van der Waals surface area contributed by atoms with E-state index in [4.69, 9.17) is 4.74 Å². The maximum absolute atomic E-state index is 12.2. The Morgan fingerprint density at radius 3 is 2.62 bits per heavy atom. The van der Waals surface area contributed by atoms with E-state index in [1.54, 1.807) is 0 Å². The summed E-state index contributed by atoms with van der Waals surface area (Å²) >= 11 is 0. The molecule has 16 heavy (non-hydrogen) atoms. The van der Waals surface area contributed by atoms with Gasteiger partial charge in [-0.1, -0.05) is 13.3 Å². The molecule has 6 heteroatoms. The molecule has 0 bridgehead atoms. The maximum Gasteiger partial charge on any atom is 0.418 e. The topological polar surface area (TPSA) is 42.4 Å². The number of alkyl halides is 3. The van der Waals surface area contributed by atoms with Crippen molar-refractivity contribution in [3.63, 3.8) is 0 Å². The summed E-state index contributed by atoms with van der Waals surface area (Å²) in [4.78, 5) is 3.42. The Hall–Kier alpha value is -1.46. The first kappa shape index (κ1) is 12.6. The first-order valence-electron chi connectivity index (χ1n) is 4.84. The van der Waals surface area contributed by atoms with Gasteiger partial charge in [0.05, 0.1) is 12.2 Å². The van der Waals surface area contributed by atoms with Crippen molar-refractivity contribution < 1.29 is 23.0 Å². The summed E-state index contributed by atoms with van der Waals surface area (Å²) in [7, 11) is 0. The molecule has 0 unspecified atom stereocenters. The summed E-state index contributed by atoms with van der Waals surface area (Å²) in [6.07, 6.45) is -2.23. The van der Waals surface area contributed by atoms with Crippen LogP contribution in [0.15, 0.2) is 12.3 Å². The van der Waals surface area contributed by atoms with Crippen molar-refractivity contribution in [2.45, 2.75) is 25.9 Å². The van der Waals surface area contributed by atoms with Crippen LogP contribution in [-0.2, 0) is 6.18 Å². The fourth-order valence-corrected chi connectivity index (χ4v) is 1.02. The zero-order valence-corrected chi connectivity index (χ0v) is 8.71. The summed E-state index contributed by atoms with van der Waals surface area (Å²) in [6, 6.07) is 0.605. The van der Waals surface area contributed by atoms with Gasteiger partial charge in [-0.05, 0) is 12.5 Å². The highest BCUT2D eigenvalue weighted by Gasteiger charge is 2.31. The average molecular weight is 235 g/mol. The van der Waals surface area contributed by atoms with E-state index < -0.39 is 17.5 Å². The number of halogens is 3. The highest BCUT2D eigenvalue weighted by molar-refractivity contribution is 5.35. The second-order valence-corrected chi connectivity index (χ2v) is 3.25. The van der Waals surface area contributed by atoms with Gasteiger partial charge in [0.15, 0.2) is 5.75 Å². The minimum atomic E-state index is -4.51. The van der Waals surface area contributed by atoms with Gasteiger partial charge < -0.3 is 9.84 Å². The Labute approximate surface area is 90.9 Å². The van der Waals surface area contributed by atoms with E-state index in [0.717, 1.165) is 12.8 Å². The van der Waals surface area contributed by atoms with Crippen molar-refractivity contribution in [1.82, 2.24) is 4.98 Å². The molecule has 0 saturated heterocycles. The molecule has 1 heterocycles. The van der Waals surface area contributed by atoms with E-state index in [-0.39, 0.29) is 5.88 Å². The predicted octanol–water partition coefficient (Wildman–Crippen LogP) is 2.98. The van der Waals surface area contributed by atoms with Gasteiger partial charge in [0.25, 0.3) is 5.88 Å². The molecule has 0 spiro atoms. The zero-order valence-electron chi connectivity index (χ0n) is 8.71. The Kier molecular flexibility index (Phi) is 3.98. The van der Waals surface area contributed by atoms with E-state index in [0.29, 0.717) is 18.9 Å². The van der Waals surface area contributed by atoms with Gasteiger partial charge in [0.2, 0.25) is 0 Å². The van der Waals surface area contributed by atoms with Gasteiger partial charge in [0.1, 0.15) is 0 Å². The molecular formula is C10H12F3NO2. The van der Waals surface area contributed by atoms with Gasteiger partial charge in [-0.2, -0.15) is 13.2 Å². The molecule has 1 aromatic heterocycles. The number of rotatable bonds is 4. The fourth-order valence-electron chi connectivity index (χ4n) is 1.02. The Morgan fingerprint density at radius 1 is 1.44 bits per heavy atom. The maximum atomic E-state index is 12.2. The Bertz CT molecular complexity index is 352. The van der Waals surface area contributed by atoms with Crippen LogP contribution in [0.25, 0.3) is 0 Å². The van der Waals surface area contributed by atoms with E-state index in [1.165, 1.54) is 0 Å². The van der Waals surface area contributed by atoms with Gasteiger partial charge in [-0.3, -0.25) is 0 Å². The number of hydrogen-bond donors (Lipinski definition) is 1. The summed E-state index contributed by atoms with van der Waals surface area (Å²) in [5.74, 6) is -0.757. The minimum Gasteiger partial charge on any atom is -0.503 e. The molecule has 0 radical (unpaired) electrons. The van der Waals surface area contributed by atoms with Gasteiger partial charge in [-0.15, -0.1) is 0 Å². The molecule has 0 aliphatic rings. The number of ether oxygens (including phenoxy) is 1. The van der Waals surface area contributed by atoms with Crippen LogP contribution in [0.3, 0.4) is 0 Å². The number of nitrogens with zero attached hydrogens (tertiary/aromatic N) is 1. The molecule has 0 atom stereocenters. The third kappa shape index (κ3) is 3.29. The normalized spacial score (nSPS) is 11.5. The quantitative estimate of drug-likeness (QED) is 0.816. The van der Waals surface area contributed by atoms with Crippen molar-refractivity contribution in [1.29, 1.82) is 0 Å². The van der Waals surface area contributed by atoms with Crippen molar-refractivity contribution >= 4 is 0 Å². The summed E-state index contributed by atoms with van der Waals surface area (Å²) in [6.45, 7) is 2.27. The van der Waals surface area contributed by atoms with Crippen LogP contribution in [0, 0.1) is 0 Å². The molecule has 3 nitrogen and oxygen atoms in total. The number of pyridine rings is 1.